The van der Waals surface area contributed by atoms with Gasteiger partial charge in [-0.15, -0.1) is 0 Å². The quantitative estimate of drug-likeness (QED) is 0.439. The number of amides is 2. The van der Waals surface area contributed by atoms with E-state index in [0.717, 1.165) is 27.3 Å². The van der Waals surface area contributed by atoms with Gasteiger partial charge in [-0.1, -0.05) is 48.5 Å². The molecule has 0 fully saturated rings. The second-order valence-corrected chi connectivity index (χ2v) is 6.86. The molecule has 0 radical (unpaired) electrons. The lowest BCUT2D eigenvalue weighted by Crippen LogP contribution is -2.34. The van der Waals surface area contributed by atoms with Gasteiger partial charge in [-0.3, -0.25) is 9.63 Å². The van der Waals surface area contributed by atoms with E-state index in [1.165, 1.54) is 7.05 Å². The number of carboxylic acid groups (broad SMARTS) is 1. The molecule has 9 nitrogen and oxygen atoms in total. The first-order valence-electron chi connectivity index (χ1n) is 9.75. The number of benzene rings is 2. The highest BCUT2D eigenvalue weighted by molar-refractivity contribution is 5.79. The average Bonchev–Trinajstić information content (AvgIpc) is 3.09. The van der Waals surface area contributed by atoms with Gasteiger partial charge in [-0.2, -0.15) is 0 Å². The molecular weight excluding hydrogens is 404 g/mol. The van der Waals surface area contributed by atoms with Crippen molar-refractivity contribution in [2.45, 2.75) is 5.92 Å². The average molecular weight is 428 g/mol. The first-order chi connectivity index (χ1) is 15.0. The summed E-state index contributed by atoms with van der Waals surface area (Å²) in [5.41, 5.74) is 4.57. The molecule has 9 heteroatoms. The normalized spacial score (nSPS) is 12.0. The summed E-state index contributed by atoms with van der Waals surface area (Å²) in [7, 11) is 1.30. The van der Waals surface area contributed by atoms with Gasteiger partial charge >= 0.3 is 12.1 Å². The van der Waals surface area contributed by atoms with Gasteiger partial charge in [-0.05, 0) is 22.3 Å². The molecule has 1 aliphatic carbocycles. The fourth-order valence-corrected chi connectivity index (χ4v) is 3.35. The Hall–Kier alpha value is -3.43. The smallest absolute Gasteiger partial charge is 0.407 e. The SMILES string of the molecule is CN(OCC(=O)O)C(=O)COCCNC(=O)OCC1c2ccccc2-c2ccccc21. The van der Waals surface area contributed by atoms with Crippen LogP contribution in [0.2, 0.25) is 0 Å². The third-order valence-electron chi connectivity index (χ3n) is 4.82. The number of alkyl carbamates (subject to hydrolysis) is 1. The summed E-state index contributed by atoms with van der Waals surface area (Å²) < 4.78 is 10.6. The number of rotatable bonds is 10. The van der Waals surface area contributed by atoms with Crippen LogP contribution in [0, 0.1) is 0 Å². The molecular formula is C22H24N2O7. The summed E-state index contributed by atoms with van der Waals surface area (Å²) in [6.07, 6.45) is -0.571. The number of carboxylic acids is 1. The molecule has 0 unspecified atom stereocenters. The molecule has 2 N–H and O–H groups in total. The largest absolute Gasteiger partial charge is 0.479 e. The highest BCUT2D eigenvalue weighted by Gasteiger charge is 2.28. The summed E-state index contributed by atoms with van der Waals surface area (Å²) >= 11 is 0. The van der Waals surface area contributed by atoms with Gasteiger partial charge in [0.15, 0.2) is 6.61 Å². The molecule has 0 aromatic heterocycles. The zero-order valence-corrected chi connectivity index (χ0v) is 17.1. The van der Waals surface area contributed by atoms with Crippen LogP contribution in [0.1, 0.15) is 17.0 Å². The minimum atomic E-state index is -1.19. The molecule has 0 atom stereocenters. The molecule has 3 rings (SSSR count). The third-order valence-corrected chi connectivity index (χ3v) is 4.82. The second-order valence-electron chi connectivity index (χ2n) is 6.86. The maximum Gasteiger partial charge on any atom is 0.407 e. The summed E-state index contributed by atoms with van der Waals surface area (Å²) in [6, 6.07) is 16.2. The van der Waals surface area contributed by atoms with E-state index in [-0.39, 0.29) is 32.3 Å². The van der Waals surface area contributed by atoms with Crippen molar-refractivity contribution in [2.24, 2.45) is 0 Å². The van der Waals surface area contributed by atoms with Crippen LogP contribution in [0.5, 0.6) is 0 Å². The van der Waals surface area contributed by atoms with Crippen molar-refractivity contribution in [2.75, 3.05) is 40.0 Å². The van der Waals surface area contributed by atoms with Gasteiger partial charge in [0.25, 0.3) is 5.91 Å². The number of fused-ring (bicyclic) bond motifs is 3. The molecule has 0 saturated carbocycles. The molecule has 0 aliphatic heterocycles. The number of nitrogens with zero attached hydrogens (tertiary/aromatic N) is 1. The number of likely N-dealkylation sites (N-methyl/N-ethyl adjacent to an activating group) is 1. The number of nitrogens with one attached hydrogen (secondary N) is 1. The van der Waals surface area contributed by atoms with Gasteiger partial charge < -0.3 is 19.9 Å². The fraction of sp³-hybridized carbons (Fsp3) is 0.318. The topological polar surface area (TPSA) is 114 Å². The Morgan fingerprint density at radius 1 is 1.00 bits per heavy atom. The van der Waals surface area contributed by atoms with E-state index in [0.29, 0.717) is 0 Å². The number of ether oxygens (including phenoxy) is 2. The number of carbonyl (C=O) groups is 3. The predicted molar refractivity (Wildman–Crippen MR) is 110 cm³/mol. The van der Waals surface area contributed by atoms with Gasteiger partial charge in [0.2, 0.25) is 0 Å². The van der Waals surface area contributed by atoms with E-state index in [1.807, 2.05) is 36.4 Å². The standard InChI is InChI=1S/C22H24N2O7/c1-24(31-14-21(26)27)20(25)13-29-11-10-23-22(28)30-12-19-17-8-4-2-6-15(17)16-7-3-5-9-18(16)19/h2-9,19H,10-14H2,1H3,(H,23,28)(H,26,27). The van der Waals surface area contributed by atoms with E-state index >= 15 is 0 Å². The zero-order chi connectivity index (χ0) is 22.2. The van der Waals surface area contributed by atoms with Crippen molar-refractivity contribution in [1.29, 1.82) is 0 Å². The van der Waals surface area contributed by atoms with Gasteiger partial charge in [0.05, 0.1) is 6.61 Å². The third kappa shape index (κ3) is 5.80. The minimum Gasteiger partial charge on any atom is -0.479 e. The summed E-state index contributed by atoms with van der Waals surface area (Å²) in [6.45, 7) is -0.467. The predicted octanol–water partition coefficient (Wildman–Crippen LogP) is 2.02. The molecule has 2 aromatic rings. The monoisotopic (exact) mass is 428 g/mol. The molecule has 0 bridgehead atoms. The lowest BCUT2D eigenvalue weighted by molar-refractivity contribution is -0.189. The van der Waals surface area contributed by atoms with Crippen molar-refractivity contribution < 1.29 is 33.8 Å². The van der Waals surface area contributed by atoms with Crippen molar-refractivity contribution in [1.82, 2.24) is 10.4 Å². The molecule has 164 valence electrons. The Labute approximate surface area is 179 Å². The fourth-order valence-electron chi connectivity index (χ4n) is 3.35. The van der Waals surface area contributed by atoms with Crippen LogP contribution in [0.15, 0.2) is 48.5 Å². The van der Waals surface area contributed by atoms with Crippen LogP contribution in [-0.4, -0.2) is 68.2 Å². The van der Waals surface area contributed by atoms with Crippen molar-refractivity contribution >= 4 is 18.0 Å². The lowest BCUT2D eigenvalue weighted by atomic mass is 9.98. The van der Waals surface area contributed by atoms with E-state index in [4.69, 9.17) is 19.4 Å². The number of hydroxylamine groups is 2. The van der Waals surface area contributed by atoms with Crippen LogP contribution in [0.3, 0.4) is 0 Å². The van der Waals surface area contributed by atoms with E-state index in [9.17, 15) is 14.4 Å². The molecule has 1 aliphatic rings. The van der Waals surface area contributed by atoms with Crippen molar-refractivity contribution in [3.05, 3.63) is 59.7 Å². The maximum absolute atomic E-state index is 12.0. The van der Waals surface area contributed by atoms with Crippen molar-refractivity contribution in [3.63, 3.8) is 0 Å². The first kappa shape index (κ1) is 22.3. The molecule has 2 amide bonds. The van der Waals surface area contributed by atoms with Gasteiger partial charge in [0, 0.05) is 19.5 Å². The van der Waals surface area contributed by atoms with Crippen LogP contribution in [-0.2, 0) is 23.9 Å². The molecule has 31 heavy (non-hydrogen) atoms. The van der Waals surface area contributed by atoms with E-state index in [2.05, 4.69) is 17.4 Å². The van der Waals surface area contributed by atoms with Crippen LogP contribution in [0.25, 0.3) is 11.1 Å². The number of carbonyl (C=O) groups excluding carboxylic acids is 2. The van der Waals surface area contributed by atoms with Crippen LogP contribution in [0.4, 0.5) is 4.79 Å². The maximum atomic E-state index is 12.0. The van der Waals surface area contributed by atoms with Crippen LogP contribution < -0.4 is 5.32 Å². The Kier molecular flexibility index (Phi) is 7.58. The van der Waals surface area contributed by atoms with E-state index in [1.54, 1.807) is 0 Å². The van der Waals surface area contributed by atoms with Gasteiger partial charge in [-0.25, -0.2) is 14.7 Å². The first-order valence-corrected chi connectivity index (χ1v) is 9.75. The molecule has 0 heterocycles. The van der Waals surface area contributed by atoms with Crippen molar-refractivity contribution in [3.8, 4) is 11.1 Å². The highest BCUT2D eigenvalue weighted by atomic mass is 16.7. The molecule has 2 aromatic carbocycles. The minimum absolute atomic E-state index is 0.0200. The number of hydrogen-bond acceptors (Lipinski definition) is 6. The summed E-state index contributed by atoms with van der Waals surface area (Å²) in [5.74, 6) is -1.75. The van der Waals surface area contributed by atoms with Gasteiger partial charge in [0.1, 0.15) is 13.2 Å². The Bertz CT molecular complexity index is 901. The second kappa shape index (κ2) is 10.6. The summed E-state index contributed by atoms with van der Waals surface area (Å²) in [5, 5.41) is 11.9. The zero-order valence-electron chi connectivity index (χ0n) is 17.1. The van der Waals surface area contributed by atoms with Crippen LogP contribution >= 0.6 is 0 Å². The number of hydrogen-bond donors (Lipinski definition) is 2. The Morgan fingerprint density at radius 2 is 1.61 bits per heavy atom. The molecule has 0 spiro atoms. The highest BCUT2D eigenvalue weighted by Crippen LogP contribution is 2.44. The molecule has 0 saturated heterocycles. The lowest BCUT2D eigenvalue weighted by Gasteiger charge is -2.16. The number of aliphatic carboxylic acids is 1. The van der Waals surface area contributed by atoms with E-state index < -0.39 is 24.6 Å². The summed E-state index contributed by atoms with van der Waals surface area (Å²) in [4.78, 5) is 38.8. The Morgan fingerprint density at radius 3 is 2.23 bits per heavy atom. The Balaban J connectivity index is 1.38.